The van der Waals surface area contributed by atoms with Crippen LogP contribution in [-0.2, 0) is 14.8 Å². The highest BCUT2D eigenvalue weighted by molar-refractivity contribution is 7.89. The number of sulfonamides is 1. The second kappa shape index (κ2) is 7.71. The van der Waals surface area contributed by atoms with Crippen molar-refractivity contribution in [3.05, 3.63) is 34.4 Å². The Hall–Kier alpha value is -2.00. The van der Waals surface area contributed by atoms with Gasteiger partial charge in [0.2, 0.25) is 15.9 Å². The molecule has 8 nitrogen and oxygen atoms in total. The number of rotatable bonds is 4. The van der Waals surface area contributed by atoms with Crippen molar-refractivity contribution >= 4 is 21.6 Å². The van der Waals surface area contributed by atoms with Crippen LogP contribution in [0.2, 0.25) is 0 Å². The van der Waals surface area contributed by atoms with Gasteiger partial charge in [0.1, 0.15) is 0 Å². The predicted molar refractivity (Wildman–Crippen MR) is 95.0 cm³/mol. The number of non-ortho nitro benzene ring substituents is 1. The topological polar surface area (TPSA) is 101 Å². The van der Waals surface area contributed by atoms with Crippen molar-refractivity contribution in [2.24, 2.45) is 5.92 Å². The summed E-state index contributed by atoms with van der Waals surface area (Å²) in [4.78, 5) is 24.8. The number of nitro groups is 1. The molecule has 1 atom stereocenters. The zero-order valence-corrected chi connectivity index (χ0v) is 15.4. The molecular weight excluding hydrogens is 358 g/mol. The van der Waals surface area contributed by atoms with E-state index in [0.717, 1.165) is 32.4 Å². The van der Waals surface area contributed by atoms with E-state index < -0.39 is 14.9 Å². The number of carbonyl (C=O) groups excluding carboxylic acids is 1. The molecule has 3 rings (SSSR count). The van der Waals surface area contributed by atoms with Crippen LogP contribution in [0.5, 0.6) is 0 Å². The Bertz CT molecular complexity index is 772. The van der Waals surface area contributed by atoms with Gasteiger partial charge in [0, 0.05) is 38.3 Å². The fourth-order valence-electron chi connectivity index (χ4n) is 3.62. The van der Waals surface area contributed by atoms with E-state index in [4.69, 9.17) is 0 Å². The molecule has 26 heavy (non-hydrogen) atoms. The monoisotopic (exact) mass is 381 g/mol. The molecule has 1 aromatic carbocycles. The fourth-order valence-corrected chi connectivity index (χ4v) is 5.15. The van der Waals surface area contributed by atoms with Crippen LogP contribution in [-0.4, -0.2) is 54.6 Å². The molecular formula is C17H23N3O5S. The Labute approximate surface area is 153 Å². The number of piperidine rings is 2. The first kappa shape index (κ1) is 18.8. The quantitative estimate of drug-likeness (QED) is 0.586. The van der Waals surface area contributed by atoms with Gasteiger partial charge in [0.15, 0.2) is 0 Å². The first-order valence-corrected chi connectivity index (χ1v) is 10.4. The molecule has 9 heteroatoms. The standard InChI is InChI=1S/C17H23N3O5S/c21-17(18-10-2-1-3-11-18)14-5-4-12-19(13-14)26(24,25)16-8-6-15(7-9-16)20(22)23/h6-9,14H,1-5,10-13H2/t14-/m0/s1. The lowest BCUT2D eigenvalue weighted by Crippen LogP contribution is -2.47. The summed E-state index contributed by atoms with van der Waals surface area (Å²) < 4.78 is 27.0. The van der Waals surface area contributed by atoms with Crippen LogP contribution < -0.4 is 0 Å². The van der Waals surface area contributed by atoms with E-state index in [-0.39, 0.29) is 29.0 Å². The molecule has 0 unspecified atom stereocenters. The van der Waals surface area contributed by atoms with Gasteiger partial charge >= 0.3 is 0 Å². The normalized spacial score (nSPS) is 22.2. The van der Waals surface area contributed by atoms with E-state index in [1.54, 1.807) is 0 Å². The summed E-state index contributed by atoms with van der Waals surface area (Å²) in [5.74, 6) is -0.261. The summed E-state index contributed by atoms with van der Waals surface area (Å²) in [7, 11) is -3.76. The van der Waals surface area contributed by atoms with Crippen LogP contribution in [0.25, 0.3) is 0 Å². The highest BCUT2D eigenvalue weighted by atomic mass is 32.2. The molecule has 0 spiro atoms. The molecule has 2 aliphatic rings. The highest BCUT2D eigenvalue weighted by Gasteiger charge is 2.35. The highest BCUT2D eigenvalue weighted by Crippen LogP contribution is 2.27. The number of amides is 1. The lowest BCUT2D eigenvalue weighted by Gasteiger charge is -2.35. The van der Waals surface area contributed by atoms with E-state index in [1.807, 2.05) is 4.90 Å². The molecule has 0 aromatic heterocycles. The van der Waals surface area contributed by atoms with Crippen molar-refractivity contribution in [3.63, 3.8) is 0 Å². The number of benzene rings is 1. The number of likely N-dealkylation sites (tertiary alicyclic amines) is 1. The third-order valence-corrected chi connectivity index (χ3v) is 6.97. The molecule has 1 amide bonds. The van der Waals surface area contributed by atoms with E-state index in [1.165, 1.54) is 28.6 Å². The zero-order chi connectivity index (χ0) is 18.7. The Morgan fingerprint density at radius 1 is 1.04 bits per heavy atom. The number of nitrogens with zero attached hydrogens (tertiary/aromatic N) is 3. The molecule has 0 N–H and O–H groups in total. The van der Waals surface area contributed by atoms with Gasteiger partial charge in [-0.3, -0.25) is 14.9 Å². The largest absolute Gasteiger partial charge is 0.342 e. The Morgan fingerprint density at radius 3 is 2.31 bits per heavy atom. The Morgan fingerprint density at radius 2 is 1.69 bits per heavy atom. The number of nitro benzene ring substituents is 1. The van der Waals surface area contributed by atoms with Gasteiger partial charge in [-0.05, 0) is 44.2 Å². The van der Waals surface area contributed by atoms with Crippen molar-refractivity contribution in [3.8, 4) is 0 Å². The number of hydrogen-bond acceptors (Lipinski definition) is 5. The van der Waals surface area contributed by atoms with Gasteiger partial charge in [-0.15, -0.1) is 0 Å². The minimum Gasteiger partial charge on any atom is -0.342 e. The summed E-state index contributed by atoms with van der Waals surface area (Å²) in [6.45, 7) is 2.05. The zero-order valence-electron chi connectivity index (χ0n) is 14.5. The predicted octanol–water partition coefficient (Wildman–Crippen LogP) is 2.01. The Kier molecular flexibility index (Phi) is 5.57. The summed E-state index contributed by atoms with van der Waals surface area (Å²) in [5, 5.41) is 10.7. The third kappa shape index (κ3) is 3.88. The van der Waals surface area contributed by atoms with Crippen LogP contribution in [0, 0.1) is 16.0 Å². The lowest BCUT2D eigenvalue weighted by atomic mass is 9.97. The maximum absolute atomic E-state index is 12.8. The van der Waals surface area contributed by atoms with Crippen LogP contribution in [0.3, 0.4) is 0 Å². The van der Waals surface area contributed by atoms with Gasteiger partial charge in [-0.1, -0.05) is 0 Å². The van der Waals surface area contributed by atoms with Crippen LogP contribution in [0.1, 0.15) is 32.1 Å². The fraction of sp³-hybridized carbons (Fsp3) is 0.588. The van der Waals surface area contributed by atoms with Crippen molar-refractivity contribution in [1.82, 2.24) is 9.21 Å². The van der Waals surface area contributed by atoms with E-state index in [9.17, 15) is 23.3 Å². The smallest absolute Gasteiger partial charge is 0.269 e. The van der Waals surface area contributed by atoms with Crippen LogP contribution >= 0.6 is 0 Å². The average Bonchev–Trinajstić information content (AvgIpc) is 2.68. The van der Waals surface area contributed by atoms with Crippen molar-refractivity contribution < 1.29 is 18.1 Å². The molecule has 1 aromatic rings. The van der Waals surface area contributed by atoms with Gasteiger partial charge < -0.3 is 4.90 Å². The van der Waals surface area contributed by atoms with Crippen molar-refractivity contribution in [2.75, 3.05) is 26.2 Å². The molecule has 0 aliphatic carbocycles. The minimum absolute atomic E-state index is 0.0224. The molecule has 2 saturated heterocycles. The first-order valence-electron chi connectivity index (χ1n) is 8.93. The summed E-state index contributed by atoms with van der Waals surface area (Å²) in [6, 6.07) is 4.88. The molecule has 2 aliphatic heterocycles. The molecule has 0 saturated carbocycles. The van der Waals surface area contributed by atoms with Gasteiger partial charge in [-0.2, -0.15) is 4.31 Å². The van der Waals surface area contributed by atoms with Gasteiger partial charge in [-0.25, -0.2) is 8.42 Å². The lowest BCUT2D eigenvalue weighted by molar-refractivity contribution is -0.384. The molecule has 0 bridgehead atoms. The second-order valence-corrected chi connectivity index (χ2v) is 8.78. The SMILES string of the molecule is O=C([C@H]1CCCN(S(=O)(=O)c2ccc([N+](=O)[O-])cc2)C1)N1CCCCC1. The average molecular weight is 381 g/mol. The third-order valence-electron chi connectivity index (χ3n) is 5.09. The summed E-state index contributed by atoms with van der Waals surface area (Å²) in [5.41, 5.74) is -0.152. The number of hydrogen-bond donors (Lipinski definition) is 0. The number of carbonyl (C=O) groups is 1. The van der Waals surface area contributed by atoms with Crippen molar-refractivity contribution in [1.29, 1.82) is 0 Å². The van der Waals surface area contributed by atoms with Crippen LogP contribution in [0.4, 0.5) is 5.69 Å². The minimum atomic E-state index is -3.76. The maximum Gasteiger partial charge on any atom is 0.269 e. The van der Waals surface area contributed by atoms with Crippen LogP contribution in [0.15, 0.2) is 29.2 Å². The van der Waals surface area contributed by atoms with E-state index in [2.05, 4.69) is 0 Å². The van der Waals surface area contributed by atoms with Crippen molar-refractivity contribution in [2.45, 2.75) is 37.0 Å². The van der Waals surface area contributed by atoms with Gasteiger partial charge in [0.05, 0.1) is 15.7 Å². The molecule has 2 heterocycles. The Balaban J connectivity index is 1.73. The first-order chi connectivity index (χ1) is 12.4. The second-order valence-electron chi connectivity index (χ2n) is 6.84. The molecule has 142 valence electrons. The van der Waals surface area contributed by atoms with Gasteiger partial charge in [0.25, 0.3) is 5.69 Å². The maximum atomic E-state index is 12.8. The summed E-state index contributed by atoms with van der Waals surface area (Å²) in [6.07, 6.45) is 4.47. The summed E-state index contributed by atoms with van der Waals surface area (Å²) >= 11 is 0. The molecule has 0 radical (unpaired) electrons. The van der Waals surface area contributed by atoms with E-state index in [0.29, 0.717) is 19.4 Å². The molecule has 2 fully saturated rings. The van der Waals surface area contributed by atoms with E-state index >= 15 is 0 Å².